The molecule has 3 aromatic rings. The molecule has 1 aliphatic heterocycles. The minimum atomic E-state index is 0.0207. The number of carbonyl (C=O) groups excluding carboxylic acids is 1. The molecule has 0 radical (unpaired) electrons. The Morgan fingerprint density at radius 2 is 1.83 bits per heavy atom. The van der Waals surface area contributed by atoms with Crippen LogP contribution in [0, 0.1) is 6.92 Å². The fourth-order valence-electron chi connectivity index (χ4n) is 3.98. The molecule has 1 amide bonds. The molecule has 152 valence electrons. The van der Waals surface area contributed by atoms with Gasteiger partial charge in [0.25, 0.3) is 5.91 Å². The number of aromatic nitrogens is 3. The molecular formula is C22H27N5O2. The topological polar surface area (TPSA) is 74.5 Å². The Labute approximate surface area is 170 Å². The third-order valence-electron chi connectivity index (χ3n) is 5.60. The molecule has 0 unspecified atom stereocenters. The summed E-state index contributed by atoms with van der Waals surface area (Å²) in [6.07, 6.45) is 0. The van der Waals surface area contributed by atoms with Crippen LogP contribution >= 0.6 is 0 Å². The van der Waals surface area contributed by atoms with Crippen molar-refractivity contribution < 1.29 is 9.90 Å². The molecule has 1 aliphatic rings. The first-order valence-electron chi connectivity index (χ1n) is 10.0. The van der Waals surface area contributed by atoms with Crippen molar-refractivity contribution in [2.75, 3.05) is 31.1 Å². The molecule has 7 nitrogen and oxygen atoms in total. The Kier molecular flexibility index (Phi) is 4.90. The van der Waals surface area contributed by atoms with Crippen molar-refractivity contribution in [2.45, 2.75) is 26.7 Å². The summed E-state index contributed by atoms with van der Waals surface area (Å²) in [4.78, 5) is 22.2. The third kappa shape index (κ3) is 3.41. The zero-order valence-electron chi connectivity index (χ0n) is 17.4. The van der Waals surface area contributed by atoms with E-state index in [1.807, 2.05) is 43.1 Å². The minimum Gasteiger partial charge on any atom is -0.506 e. The number of amides is 1. The highest BCUT2D eigenvalue weighted by Gasteiger charge is 2.27. The van der Waals surface area contributed by atoms with Crippen molar-refractivity contribution in [3.8, 4) is 5.75 Å². The van der Waals surface area contributed by atoms with E-state index in [-0.39, 0.29) is 17.6 Å². The first-order valence-corrected chi connectivity index (χ1v) is 10.0. The number of phenolic OH excluding ortho intramolecular Hbond substituents is 1. The van der Waals surface area contributed by atoms with E-state index in [1.165, 1.54) is 0 Å². The smallest absolute Gasteiger partial charge is 0.254 e. The molecule has 7 heteroatoms. The van der Waals surface area contributed by atoms with Gasteiger partial charge in [0.15, 0.2) is 5.65 Å². The number of aryl methyl sites for hydroxylation is 2. The highest BCUT2D eigenvalue weighted by Crippen LogP contribution is 2.29. The van der Waals surface area contributed by atoms with Gasteiger partial charge in [-0.25, -0.2) is 4.98 Å². The average Bonchev–Trinajstić information content (AvgIpc) is 3.01. The van der Waals surface area contributed by atoms with E-state index in [4.69, 9.17) is 4.98 Å². The van der Waals surface area contributed by atoms with E-state index < -0.39 is 0 Å². The number of carbonyl (C=O) groups is 1. The number of pyridine rings is 1. The number of hydrogen-bond donors (Lipinski definition) is 1. The largest absolute Gasteiger partial charge is 0.506 e. The van der Waals surface area contributed by atoms with Crippen molar-refractivity contribution in [3.63, 3.8) is 0 Å². The summed E-state index contributed by atoms with van der Waals surface area (Å²) in [6.45, 7) is 8.65. The summed E-state index contributed by atoms with van der Waals surface area (Å²) in [6, 6.07) is 9.26. The van der Waals surface area contributed by atoms with Crippen LogP contribution in [0.4, 0.5) is 5.69 Å². The summed E-state index contributed by atoms with van der Waals surface area (Å²) in [7, 11) is 1.87. The molecule has 0 saturated carbocycles. The average molecular weight is 393 g/mol. The summed E-state index contributed by atoms with van der Waals surface area (Å²) >= 11 is 0. The lowest BCUT2D eigenvalue weighted by Gasteiger charge is -2.36. The van der Waals surface area contributed by atoms with Gasteiger partial charge in [0.05, 0.1) is 22.3 Å². The number of rotatable bonds is 3. The maximum atomic E-state index is 13.5. The number of fused-ring (bicyclic) bond motifs is 1. The van der Waals surface area contributed by atoms with Crippen LogP contribution in [-0.4, -0.2) is 56.9 Å². The molecular weight excluding hydrogens is 366 g/mol. The molecule has 0 aliphatic carbocycles. The Balaban J connectivity index is 1.62. The minimum absolute atomic E-state index is 0.0207. The second kappa shape index (κ2) is 7.39. The van der Waals surface area contributed by atoms with Crippen molar-refractivity contribution in [1.29, 1.82) is 0 Å². The summed E-state index contributed by atoms with van der Waals surface area (Å²) in [5, 5.41) is 15.4. The molecule has 29 heavy (non-hydrogen) atoms. The van der Waals surface area contributed by atoms with E-state index in [2.05, 4.69) is 23.8 Å². The predicted molar refractivity (Wildman–Crippen MR) is 114 cm³/mol. The highest BCUT2D eigenvalue weighted by atomic mass is 16.3. The van der Waals surface area contributed by atoms with Gasteiger partial charge in [0.2, 0.25) is 0 Å². The number of aromatic hydroxyl groups is 1. The molecule has 0 bridgehead atoms. The van der Waals surface area contributed by atoms with Crippen LogP contribution in [0.5, 0.6) is 5.75 Å². The molecule has 1 fully saturated rings. The molecule has 0 atom stereocenters. The van der Waals surface area contributed by atoms with Gasteiger partial charge in [-0.2, -0.15) is 5.10 Å². The molecule has 0 spiro atoms. The second-order valence-electron chi connectivity index (χ2n) is 7.92. The Hall–Kier alpha value is -3.09. The Morgan fingerprint density at radius 1 is 1.14 bits per heavy atom. The number of anilines is 1. The SMILES string of the molecule is Cc1nn(C)c2nc(C(C)C)cc(C(=O)N3CCN(c4ccccc4O)CC3)c12. The number of para-hydroxylation sites is 2. The van der Waals surface area contributed by atoms with Gasteiger partial charge in [-0.05, 0) is 31.0 Å². The maximum Gasteiger partial charge on any atom is 0.254 e. The predicted octanol–water partition coefficient (Wildman–Crippen LogP) is 3.07. The summed E-state index contributed by atoms with van der Waals surface area (Å²) in [5.41, 5.74) is 3.97. The van der Waals surface area contributed by atoms with Gasteiger partial charge in [-0.15, -0.1) is 0 Å². The van der Waals surface area contributed by atoms with Crippen LogP contribution in [0.15, 0.2) is 30.3 Å². The van der Waals surface area contributed by atoms with Gasteiger partial charge < -0.3 is 14.9 Å². The van der Waals surface area contributed by atoms with E-state index in [0.29, 0.717) is 31.7 Å². The van der Waals surface area contributed by atoms with Gasteiger partial charge >= 0.3 is 0 Å². The lowest BCUT2D eigenvalue weighted by molar-refractivity contribution is 0.0748. The third-order valence-corrected chi connectivity index (χ3v) is 5.60. The van der Waals surface area contributed by atoms with E-state index in [9.17, 15) is 9.90 Å². The fraction of sp³-hybridized carbons (Fsp3) is 0.409. The van der Waals surface area contributed by atoms with Crippen LogP contribution in [0.2, 0.25) is 0 Å². The fourth-order valence-corrected chi connectivity index (χ4v) is 3.98. The zero-order chi connectivity index (χ0) is 20.7. The summed E-state index contributed by atoms with van der Waals surface area (Å²) < 4.78 is 1.75. The zero-order valence-corrected chi connectivity index (χ0v) is 17.4. The van der Waals surface area contributed by atoms with E-state index in [0.717, 1.165) is 28.1 Å². The lowest BCUT2D eigenvalue weighted by Crippen LogP contribution is -2.48. The monoisotopic (exact) mass is 393 g/mol. The molecule has 4 rings (SSSR count). The summed E-state index contributed by atoms with van der Waals surface area (Å²) in [5.74, 6) is 0.516. The van der Waals surface area contributed by atoms with Crippen LogP contribution in [-0.2, 0) is 7.05 Å². The van der Waals surface area contributed by atoms with Crippen LogP contribution < -0.4 is 4.90 Å². The van der Waals surface area contributed by atoms with Crippen LogP contribution in [0.3, 0.4) is 0 Å². The van der Waals surface area contributed by atoms with Gasteiger partial charge in [0, 0.05) is 38.9 Å². The number of nitrogens with zero attached hydrogens (tertiary/aromatic N) is 5. The van der Waals surface area contributed by atoms with Crippen LogP contribution in [0.25, 0.3) is 11.0 Å². The van der Waals surface area contributed by atoms with Crippen molar-refractivity contribution in [2.24, 2.45) is 7.05 Å². The normalized spacial score (nSPS) is 14.8. The maximum absolute atomic E-state index is 13.5. The van der Waals surface area contributed by atoms with Gasteiger partial charge in [0.1, 0.15) is 5.75 Å². The number of benzene rings is 1. The van der Waals surface area contributed by atoms with Crippen molar-refractivity contribution in [3.05, 3.63) is 47.3 Å². The number of hydrogen-bond acceptors (Lipinski definition) is 5. The quantitative estimate of drug-likeness (QED) is 0.740. The molecule has 1 saturated heterocycles. The van der Waals surface area contributed by atoms with E-state index >= 15 is 0 Å². The molecule has 1 N–H and O–H groups in total. The Morgan fingerprint density at radius 3 is 2.48 bits per heavy atom. The first kappa shape index (κ1) is 19.2. The van der Waals surface area contributed by atoms with Gasteiger partial charge in [-0.3, -0.25) is 9.48 Å². The van der Waals surface area contributed by atoms with Crippen LogP contribution in [0.1, 0.15) is 41.5 Å². The molecule has 3 heterocycles. The number of phenols is 1. The standard InChI is InChI=1S/C22H27N5O2/c1-14(2)17-13-16(20-15(3)24-25(4)21(20)23-17)22(29)27-11-9-26(10-12-27)18-7-5-6-8-19(18)28/h5-8,13-14,28H,9-12H2,1-4H3. The van der Waals surface area contributed by atoms with Crippen molar-refractivity contribution >= 4 is 22.6 Å². The second-order valence-corrected chi connectivity index (χ2v) is 7.92. The highest BCUT2D eigenvalue weighted by molar-refractivity contribution is 6.06. The number of piperazine rings is 1. The Bertz CT molecular complexity index is 1060. The molecule has 1 aromatic carbocycles. The first-order chi connectivity index (χ1) is 13.9. The molecule has 2 aromatic heterocycles. The van der Waals surface area contributed by atoms with E-state index in [1.54, 1.807) is 10.7 Å². The van der Waals surface area contributed by atoms with Gasteiger partial charge in [-0.1, -0.05) is 26.0 Å². The van der Waals surface area contributed by atoms with Crippen molar-refractivity contribution in [1.82, 2.24) is 19.7 Å². The lowest BCUT2D eigenvalue weighted by atomic mass is 10.0.